The van der Waals surface area contributed by atoms with Gasteiger partial charge in [0, 0.05) is 6.54 Å². The van der Waals surface area contributed by atoms with Crippen molar-refractivity contribution in [1.29, 1.82) is 0 Å². The molecule has 0 heterocycles. The number of nitrogens with two attached hydrogens (primary N) is 1. The summed E-state index contributed by atoms with van der Waals surface area (Å²) in [6.45, 7) is -0.396. The van der Waals surface area contributed by atoms with Crippen molar-refractivity contribution < 1.29 is 27.4 Å². The van der Waals surface area contributed by atoms with E-state index >= 15 is 0 Å². The van der Waals surface area contributed by atoms with Crippen LogP contribution in [0.2, 0.25) is 0 Å². The van der Waals surface area contributed by atoms with Crippen molar-refractivity contribution in [1.82, 2.24) is 5.32 Å². The van der Waals surface area contributed by atoms with Gasteiger partial charge in [0.25, 0.3) is 0 Å². The van der Waals surface area contributed by atoms with Crippen LogP contribution >= 0.6 is 0 Å². The van der Waals surface area contributed by atoms with E-state index in [1.54, 1.807) is 38.5 Å². The van der Waals surface area contributed by atoms with E-state index in [-0.39, 0.29) is 6.61 Å². The van der Waals surface area contributed by atoms with Crippen LogP contribution < -0.4 is 20.5 Å². The number of alkyl halides is 3. The molecule has 0 bridgehead atoms. The lowest BCUT2D eigenvalue weighted by Gasteiger charge is -2.10. The van der Waals surface area contributed by atoms with Crippen molar-refractivity contribution in [2.45, 2.75) is 25.7 Å². The Balaban J connectivity index is 1.76. The topological polar surface area (TPSA) is 78.1 Å². The SMILES string of the molecule is COc1ccc(CCNC(N)=NCc2ccc(COCC(F)(F)F)cc2)cc1OC. The van der Waals surface area contributed by atoms with Gasteiger partial charge in [-0.25, -0.2) is 4.99 Å². The normalized spacial score (nSPS) is 12.0. The molecule has 0 aliphatic rings. The Kier molecular flexibility index (Phi) is 8.79. The van der Waals surface area contributed by atoms with Crippen molar-refractivity contribution >= 4 is 5.96 Å². The average Bonchev–Trinajstić information content (AvgIpc) is 2.72. The minimum Gasteiger partial charge on any atom is -0.493 e. The first kappa shape index (κ1) is 23.3. The Morgan fingerprint density at radius 3 is 2.23 bits per heavy atom. The quantitative estimate of drug-likeness (QED) is 0.451. The highest BCUT2D eigenvalue weighted by atomic mass is 19.4. The summed E-state index contributed by atoms with van der Waals surface area (Å²) in [4.78, 5) is 4.27. The first-order valence-corrected chi connectivity index (χ1v) is 9.27. The Hall–Kier alpha value is -2.94. The standard InChI is InChI=1S/C21H26F3N3O3/c1-28-18-8-7-15(11-19(18)29-2)9-10-26-20(25)27-12-16-3-5-17(6-4-16)13-30-14-21(22,23)24/h3-8,11H,9-10,12-14H2,1-2H3,(H3,25,26,27). The first-order chi connectivity index (χ1) is 14.3. The van der Waals surface area contributed by atoms with Gasteiger partial charge in [0.2, 0.25) is 0 Å². The second-order valence-corrected chi connectivity index (χ2v) is 6.49. The van der Waals surface area contributed by atoms with Gasteiger partial charge in [-0.3, -0.25) is 0 Å². The van der Waals surface area contributed by atoms with Crippen LogP contribution in [0.3, 0.4) is 0 Å². The number of benzene rings is 2. The molecular formula is C21H26F3N3O3. The fraction of sp³-hybridized carbons (Fsp3) is 0.381. The number of methoxy groups -OCH3 is 2. The zero-order chi connectivity index (χ0) is 22.0. The molecule has 0 fully saturated rings. The summed E-state index contributed by atoms with van der Waals surface area (Å²) in [5.41, 5.74) is 8.51. The summed E-state index contributed by atoms with van der Waals surface area (Å²) in [6, 6.07) is 12.7. The second kappa shape index (κ2) is 11.3. The third kappa shape index (κ3) is 8.20. The Morgan fingerprint density at radius 1 is 0.967 bits per heavy atom. The molecular weight excluding hydrogens is 399 g/mol. The first-order valence-electron chi connectivity index (χ1n) is 9.27. The molecule has 0 atom stereocenters. The molecule has 2 rings (SSSR count). The minimum atomic E-state index is -4.32. The van der Waals surface area contributed by atoms with Gasteiger partial charge < -0.3 is 25.3 Å². The molecule has 2 aromatic carbocycles. The third-order valence-corrected chi connectivity index (χ3v) is 4.16. The van der Waals surface area contributed by atoms with Gasteiger partial charge >= 0.3 is 6.18 Å². The number of ether oxygens (including phenoxy) is 3. The van der Waals surface area contributed by atoms with Gasteiger partial charge in [-0.05, 0) is 35.2 Å². The van der Waals surface area contributed by atoms with Crippen molar-refractivity contribution in [3.05, 3.63) is 59.2 Å². The molecule has 9 heteroatoms. The highest BCUT2D eigenvalue weighted by Gasteiger charge is 2.27. The number of halogens is 3. The van der Waals surface area contributed by atoms with Gasteiger partial charge in [-0.15, -0.1) is 0 Å². The highest BCUT2D eigenvalue weighted by molar-refractivity contribution is 5.77. The number of nitrogens with zero attached hydrogens (tertiary/aromatic N) is 1. The maximum Gasteiger partial charge on any atom is 0.411 e. The van der Waals surface area contributed by atoms with E-state index in [9.17, 15) is 13.2 Å². The lowest BCUT2D eigenvalue weighted by molar-refractivity contribution is -0.176. The molecule has 3 N–H and O–H groups in total. The number of aliphatic imine (C=N–C) groups is 1. The molecule has 0 amide bonds. The van der Waals surface area contributed by atoms with Gasteiger partial charge in [-0.1, -0.05) is 30.3 Å². The van der Waals surface area contributed by atoms with Crippen LogP contribution in [0, 0.1) is 0 Å². The fourth-order valence-corrected chi connectivity index (χ4v) is 2.63. The highest BCUT2D eigenvalue weighted by Crippen LogP contribution is 2.27. The van der Waals surface area contributed by atoms with Gasteiger partial charge in [-0.2, -0.15) is 13.2 Å². The van der Waals surface area contributed by atoms with E-state index in [1.807, 2.05) is 18.2 Å². The number of hydrogen-bond acceptors (Lipinski definition) is 4. The molecule has 2 aromatic rings. The van der Waals surface area contributed by atoms with Crippen LogP contribution in [-0.4, -0.2) is 39.5 Å². The predicted octanol–water partition coefficient (Wildman–Crippen LogP) is 3.43. The van der Waals surface area contributed by atoms with Gasteiger partial charge in [0.15, 0.2) is 17.5 Å². The average molecular weight is 425 g/mol. The number of hydrogen-bond donors (Lipinski definition) is 2. The van der Waals surface area contributed by atoms with Crippen LogP contribution in [-0.2, 0) is 24.3 Å². The van der Waals surface area contributed by atoms with E-state index in [0.29, 0.717) is 36.1 Å². The van der Waals surface area contributed by atoms with Crippen molar-refractivity contribution in [3.63, 3.8) is 0 Å². The largest absolute Gasteiger partial charge is 0.493 e. The van der Waals surface area contributed by atoms with Gasteiger partial charge in [0.05, 0.1) is 27.4 Å². The second-order valence-electron chi connectivity index (χ2n) is 6.49. The lowest BCUT2D eigenvalue weighted by atomic mass is 10.1. The maximum absolute atomic E-state index is 12.1. The molecule has 0 radical (unpaired) electrons. The summed E-state index contributed by atoms with van der Waals surface area (Å²) in [5.74, 6) is 1.66. The third-order valence-electron chi connectivity index (χ3n) is 4.16. The Bertz CT molecular complexity index is 824. The summed E-state index contributed by atoms with van der Waals surface area (Å²) >= 11 is 0. The van der Waals surface area contributed by atoms with Crippen molar-refractivity contribution in [2.75, 3.05) is 27.4 Å². The summed E-state index contributed by atoms with van der Waals surface area (Å²) in [7, 11) is 3.18. The van der Waals surface area contributed by atoms with E-state index in [1.165, 1.54) is 0 Å². The van der Waals surface area contributed by atoms with Crippen molar-refractivity contribution in [3.8, 4) is 11.5 Å². The van der Waals surface area contributed by atoms with E-state index in [0.717, 1.165) is 17.5 Å². The number of nitrogens with one attached hydrogen (secondary N) is 1. The Labute approximate surface area is 173 Å². The summed E-state index contributed by atoms with van der Waals surface area (Å²) in [5, 5.41) is 3.05. The lowest BCUT2D eigenvalue weighted by Crippen LogP contribution is -2.33. The Morgan fingerprint density at radius 2 is 1.60 bits per heavy atom. The number of rotatable bonds is 10. The van der Waals surface area contributed by atoms with E-state index in [4.69, 9.17) is 15.2 Å². The maximum atomic E-state index is 12.1. The molecule has 0 saturated carbocycles. The van der Waals surface area contributed by atoms with Crippen molar-refractivity contribution in [2.24, 2.45) is 10.7 Å². The van der Waals surface area contributed by atoms with E-state index < -0.39 is 12.8 Å². The molecule has 0 saturated heterocycles. The summed E-state index contributed by atoms with van der Waals surface area (Å²) < 4.78 is 51.4. The minimum absolute atomic E-state index is 0.0943. The van der Waals surface area contributed by atoms with Crippen LogP contribution in [0.5, 0.6) is 11.5 Å². The molecule has 0 spiro atoms. The zero-order valence-corrected chi connectivity index (χ0v) is 17.0. The van der Waals surface area contributed by atoms with Crippen LogP contribution in [0.25, 0.3) is 0 Å². The van der Waals surface area contributed by atoms with Crippen LogP contribution in [0.4, 0.5) is 13.2 Å². The smallest absolute Gasteiger partial charge is 0.411 e. The van der Waals surface area contributed by atoms with Crippen LogP contribution in [0.1, 0.15) is 16.7 Å². The summed E-state index contributed by atoms with van der Waals surface area (Å²) in [6.07, 6.45) is -3.60. The molecule has 164 valence electrons. The van der Waals surface area contributed by atoms with Gasteiger partial charge in [0.1, 0.15) is 6.61 Å². The zero-order valence-electron chi connectivity index (χ0n) is 17.0. The number of guanidine groups is 1. The monoisotopic (exact) mass is 425 g/mol. The van der Waals surface area contributed by atoms with E-state index in [2.05, 4.69) is 15.0 Å². The molecule has 6 nitrogen and oxygen atoms in total. The molecule has 0 unspecified atom stereocenters. The molecule has 0 aliphatic carbocycles. The molecule has 0 aromatic heterocycles. The predicted molar refractivity (Wildman–Crippen MR) is 109 cm³/mol. The molecule has 30 heavy (non-hydrogen) atoms. The molecule has 0 aliphatic heterocycles. The van der Waals surface area contributed by atoms with Crippen LogP contribution in [0.15, 0.2) is 47.5 Å². The fourth-order valence-electron chi connectivity index (χ4n) is 2.63.